The number of nitrogens with one attached hydrogen (secondary N) is 1. The number of ether oxygens (including phenoxy) is 1. The molecule has 1 amide bonds. The minimum absolute atomic E-state index is 0.0745. The summed E-state index contributed by atoms with van der Waals surface area (Å²) in [5.41, 5.74) is -0.0816. The highest BCUT2D eigenvalue weighted by atomic mass is 19.1. The Kier molecular flexibility index (Phi) is 4.14. The molecule has 5 heteroatoms. The third kappa shape index (κ3) is 3.10. The van der Waals surface area contributed by atoms with Crippen LogP contribution in [-0.4, -0.2) is 24.8 Å². The molecular formula is C14H16FNO3. The summed E-state index contributed by atoms with van der Waals surface area (Å²) in [5, 5.41) is 2.76. The minimum atomic E-state index is -0.608. The first-order valence-electron chi connectivity index (χ1n) is 6.27. The van der Waals surface area contributed by atoms with Crippen molar-refractivity contribution in [1.82, 2.24) is 5.32 Å². The van der Waals surface area contributed by atoms with Gasteiger partial charge in [0.2, 0.25) is 0 Å². The molecule has 1 N–H and O–H groups in total. The number of Topliss-reactive ketones (excluding diaryl/α,β-unsaturated/α-hetero) is 1. The summed E-state index contributed by atoms with van der Waals surface area (Å²) in [7, 11) is 1.39. The van der Waals surface area contributed by atoms with Crippen LogP contribution in [0.1, 0.15) is 36.0 Å². The summed E-state index contributed by atoms with van der Waals surface area (Å²) in [6, 6.07) is 4.18. The number of hydrogen-bond acceptors (Lipinski definition) is 3. The van der Waals surface area contributed by atoms with Crippen molar-refractivity contribution in [2.75, 3.05) is 7.11 Å². The molecule has 1 aromatic rings. The first kappa shape index (κ1) is 13.5. The van der Waals surface area contributed by atoms with Crippen molar-refractivity contribution in [2.24, 2.45) is 0 Å². The van der Waals surface area contributed by atoms with Gasteiger partial charge in [0.1, 0.15) is 22.9 Å². The SMILES string of the molecule is COc1cccc(F)c1C(=O)NC1CCC(=O)CC1. The molecule has 1 aromatic carbocycles. The van der Waals surface area contributed by atoms with E-state index in [2.05, 4.69) is 5.32 Å². The quantitative estimate of drug-likeness (QED) is 0.910. The standard InChI is InChI=1S/C14H16FNO3/c1-19-12-4-2-3-11(15)13(12)14(18)16-9-5-7-10(17)8-6-9/h2-4,9H,5-8H2,1H3,(H,16,18). The molecular weight excluding hydrogens is 249 g/mol. The molecule has 0 radical (unpaired) electrons. The van der Waals surface area contributed by atoms with E-state index in [0.29, 0.717) is 25.7 Å². The lowest BCUT2D eigenvalue weighted by molar-refractivity contribution is -0.120. The Balaban J connectivity index is 2.10. The van der Waals surface area contributed by atoms with Gasteiger partial charge in [-0.2, -0.15) is 0 Å². The number of rotatable bonds is 3. The monoisotopic (exact) mass is 265 g/mol. The minimum Gasteiger partial charge on any atom is -0.496 e. The molecule has 1 aliphatic rings. The Morgan fingerprint density at radius 1 is 1.37 bits per heavy atom. The second-order valence-corrected chi connectivity index (χ2v) is 4.60. The van der Waals surface area contributed by atoms with Crippen molar-refractivity contribution in [3.63, 3.8) is 0 Å². The Morgan fingerprint density at radius 2 is 2.05 bits per heavy atom. The summed E-state index contributed by atoms with van der Waals surface area (Å²) >= 11 is 0. The Hall–Kier alpha value is -1.91. The van der Waals surface area contributed by atoms with Crippen LogP contribution in [0, 0.1) is 5.82 Å². The summed E-state index contributed by atoms with van der Waals surface area (Å²) in [5.74, 6) is -0.670. The number of ketones is 1. The fraction of sp³-hybridized carbons (Fsp3) is 0.429. The topological polar surface area (TPSA) is 55.4 Å². The lowest BCUT2D eigenvalue weighted by Gasteiger charge is -2.22. The molecule has 0 unspecified atom stereocenters. The van der Waals surface area contributed by atoms with Gasteiger partial charge in [-0.05, 0) is 25.0 Å². The van der Waals surface area contributed by atoms with E-state index in [4.69, 9.17) is 4.74 Å². The zero-order valence-corrected chi connectivity index (χ0v) is 10.7. The Morgan fingerprint density at radius 3 is 2.68 bits per heavy atom. The van der Waals surface area contributed by atoms with Gasteiger partial charge in [0, 0.05) is 18.9 Å². The molecule has 1 fully saturated rings. The van der Waals surface area contributed by atoms with E-state index < -0.39 is 11.7 Å². The highest BCUT2D eigenvalue weighted by Gasteiger charge is 2.23. The molecule has 1 aliphatic carbocycles. The van der Waals surface area contributed by atoms with Gasteiger partial charge in [0.15, 0.2) is 0 Å². The van der Waals surface area contributed by atoms with Gasteiger partial charge in [-0.3, -0.25) is 9.59 Å². The zero-order valence-electron chi connectivity index (χ0n) is 10.7. The van der Waals surface area contributed by atoms with Crippen LogP contribution in [0.5, 0.6) is 5.75 Å². The van der Waals surface area contributed by atoms with Crippen LogP contribution in [0.4, 0.5) is 4.39 Å². The molecule has 0 aromatic heterocycles. The van der Waals surface area contributed by atoms with Gasteiger partial charge < -0.3 is 10.1 Å². The van der Waals surface area contributed by atoms with Crippen LogP contribution in [0.25, 0.3) is 0 Å². The molecule has 0 bridgehead atoms. The fourth-order valence-electron chi connectivity index (χ4n) is 2.24. The van der Waals surface area contributed by atoms with Gasteiger partial charge in [-0.15, -0.1) is 0 Å². The lowest BCUT2D eigenvalue weighted by Crippen LogP contribution is -2.38. The van der Waals surface area contributed by atoms with Gasteiger partial charge >= 0.3 is 0 Å². The second kappa shape index (κ2) is 5.82. The van der Waals surface area contributed by atoms with E-state index in [1.54, 1.807) is 6.07 Å². The molecule has 1 saturated carbocycles. The molecule has 19 heavy (non-hydrogen) atoms. The molecule has 102 valence electrons. The van der Waals surface area contributed by atoms with E-state index in [0.717, 1.165) is 0 Å². The fourth-order valence-corrected chi connectivity index (χ4v) is 2.24. The van der Waals surface area contributed by atoms with Crippen molar-refractivity contribution in [1.29, 1.82) is 0 Å². The molecule has 0 saturated heterocycles. The third-order valence-corrected chi connectivity index (χ3v) is 3.30. The van der Waals surface area contributed by atoms with Crippen molar-refractivity contribution >= 4 is 11.7 Å². The van der Waals surface area contributed by atoms with Crippen molar-refractivity contribution < 1.29 is 18.7 Å². The first-order chi connectivity index (χ1) is 9.11. The molecule has 0 spiro atoms. The third-order valence-electron chi connectivity index (χ3n) is 3.30. The average molecular weight is 265 g/mol. The number of carbonyl (C=O) groups is 2. The van der Waals surface area contributed by atoms with Crippen molar-refractivity contribution in [2.45, 2.75) is 31.7 Å². The zero-order chi connectivity index (χ0) is 13.8. The van der Waals surface area contributed by atoms with E-state index >= 15 is 0 Å². The van der Waals surface area contributed by atoms with Crippen LogP contribution in [-0.2, 0) is 4.79 Å². The number of halogens is 1. The van der Waals surface area contributed by atoms with Crippen LogP contribution in [0.15, 0.2) is 18.2 Å². The maximum Gasteiger partial charge on any atom is 0.258 e. The van der Waals surface area contributed by atoms with Crippen molar-refractivity contribution in [3.8, 4) is 5.75 Å². The van der Waals surface area contributed by atoms with Crippen LogP contribution < -0.4 is 10.1 Å². The highest BCUT2D eigenvalue weighted by Crippen LogP contribution is 2.22. The number of amides is 1. The maximum absolute atomic E-state index is 13.7. The molecule has 2 rings (SSSR count). The van der Waals surface area contributed by atoms with Crippen LogP contribution >= 0.6 is 0 Å². The summed E-state index contributed by atoms with van der Waals surface area (Å²) < 4.78 is 18.7. The molecule has 4 nitrogen and oxygen atoms in total. The van der Waals surface area contributed by atoms with Gasteiger partial charge in [-0.1, -0.05) is 6.07 Å². The van der Waals surface area contributed by atoms with Crippen molar-refractivity contribution in [3.05, 3.63) is 29.6 Å². The highest BCUT2D eigenvalue weighted by molar-refractivity contribution is 5.97. The Labute approximate surface area is 110 Å². The maximum atomic E-state index is 13.7. The smallest absolute Gasteiger partial charge is 0.258 e. The molecule has 0 atom stereocenters. The van der Waals surface area contributed by atoms with Crippen LogP contribution in [0.3, 0.4) is 0 Å². The summed E-state index contributed by atoms with van der Waals surface area (Å²) in [6.07, 6.45) is 2.17. The normalized spacial score (nSPS) is 16.2. The predicted octanol–water partition coefficient (Wildman–Crippen LogP) is 2.08. The lowest BCUT2D eigenvalue weighted by atomic mass is 9.94. The number of methoxy groups -OCH3 is 1. The predicted molar refractivity (Wildman–Crippen MR) is 67.7 cm³/mol. The summed E-state index contributed by atoms with van der Waals surface area (Å²) in [4.78, 5) is 23.2. The largest absolute Gasteiger partial charge is 0.496 e. The summed E-state index contributed by atoms with van der Waals surface area (Å²) in [6.45, 7) is 0. The average Bonchev–Trinajstić information content (AvgIpc) is 2.40. The van der Waals surface area contributed by atoms with Crippen LogP contribution in [0.2, 0.25) is 0 Å². The van der Waals surface area contributed by atoms with Gasteiger partial charge in [0.25, 0.3) is 5.91 Å². The molecule has 0 aliphatic heterocycles. The van der Waals surface area contributed by atoms with E-state index in [9.17, 15) is 14.0 Å². The van der Waals surface area contributed by atoms with E-state index in [-0.39, 0.29) is 23.1 Å². The van der Waals surface area contributed by atoms with Gasteiger partial charge in [-0.25, -0.2) is 4.39 Å². The second-order valence-electron chi connectivity index (χ2n) is 4.60. The Bertz CT molecular complexity index is 491. The first-order valence-corrected chi connectivity index (χ1v) is 6.27. The number of hydrogen-bond donors (Lipinski definition) is 1. The van der Waals surface area contributed by atoms with E-state index in [1.165, 1.54) is 19.2 Å². The van der Waals surface area contributed by atoms with Gasteiger partial charge in [0.05, 0.1) is 7.11 Å². The van der Waals surface area contributed by atoms with E-state index in [1.807, 2.05) is 0 Å². The number of benzene rings is 1. The molecule has 0 heterocycles. The number of carbonyl (C=O) groups excluding carboxylic acids is 2.